The van der Waals surface area contributed by atoms with Crippen LogP contribution in [0.4, 0.5) is 4.39 Å². The number of carbonyl (C=O) groups excluding carboxylic acids is 2. The van der Waals surface area contributed by atoms with E-state index in [1.807, 2.05) is 0 Å². The summed E-state index contributed by atoms with van der Waals surface area (Å²) in [5.74, 6) is -1.38. The fourth-order valence-electron chi connectivity index (χ4n) is 1.37. The minimum atomic E-state index is -1.13. The molecule has 0 aliphatic rings. The molecule has 0 aliphatic heterocycles. The molecule has 0 bridgehead atoms. The van der Waals surface area contributed by atoms with Gasteiger partial charge in [0.05, 0.1) is 12.5 Å². The minimum Gasteiger partial charge on any atom is -0.388 e. The summed E-state index contributed by atoms with van der Waals surface area (Å²) in [5.41, 5.74) is 4.16. The SMILES string of the molecule is CC(C)(C)C(=O)NNC(=O)CC(O)c1cccc(F)c1. The van der Waals surface area contributed by atoms with Gasteiger partial charge in [0.15, 0.2) is 0 Å². The van der Waals surface area contributed by atoms with Gasteiger partial charge >= 0.3 is 0 Å². The summed E-state index contributed by atoms with van der Waals surface area (Å²) in [5, 5.41) is 9.80. The lowest BCUT2D eigenvalue weighted by atomic mass is 9.96. The molecule has 1 atom stereocenters. The summed E-state index contributed by atoms with van der Waals surface area (Å²) in [6, 6.07) is 5.38. The smallest absolute Gasteiger partial charge is 0.243 e. The van der Waals surface area contributed by atoms with Crippen LogP contribution in [0.5, 0.6) is 0 Å². The average molecular weight is 282 g/mol. The lowest BCUT2D eigenvalue weighted by Crippen LogP contribution is -2.46. The maximum atomic E-state index is 13.0. The second-order valence-electron chi connectivity index (χ2n) is 5.53. The van der Waals surface area contributed by atoms with Crippen molar-refractivity contribution in [2.75, 3.05) is 0 Å². The number of nitrogens with one attached hydrogen (secondary N) is 2. The highest BCUT2D eigenvalue weighted by molar-refractivity contribution is 5.85. The Morgan fingerprint density at radius 1 is 1.30 bits per heavy atom. The van der Waals surface area contributed by atoms with Crippen LogP contribution in [0.2, 0.25) is 0 Å². The summed E-state index contributed by atoms with van der Waals surface area (Å²) < 4.78 is 13.0. The number of hydrazine groups is 1. The van der Waals surface area contributed by atoms with Gasteiger partial charge in [0, 0.05) is 5.41 Å². The number of hydrogen-bond donors (Lipinski definition) is 3. The Labute approximate surface area is 117 Å². The van der Waals surface area contributed by atoms with E-state index in [-0.39, 0.29) is 12.3 Å². The first-order chi connectivity index (χ1) is 9.20. The molecule has 0 spiro atoms. The van der Waals surface area contributed by atoms with Crippen LogP contribution in [0, 0.1) is 11.2 Å². The number of aliphatic hydroxyl groups is 1. The van der Waals surface area contributed by atoms with Gasteiger partial charge in [0.25, 0.3) is 0 Å². The third-order valence-electron chi connectivity index (χ3n) is 2.61. The summed E-state index contributed by atoms with van der Waals surface area (Å²) in [6.07, 6.45) is -1.40. The molecular formula is C14H19FN2O3. The molecule has 20 heavy (non-hydrogen) atoms. The Morgan fingerprint density at radius 2 is 1.95 bits per heavy atom. The van der Waals surface area contributed by atoms with Crippen molar-refractivity contribution in [2.45, 2.75) is 33.3 Å². The van der Waals surface area contributed by atoms with E-state index in [1.54, 1.807) is 20.8 Å². The lowest BCUT2D eigenvalue weighted by Gasteiger charge is -2.18. The number of benzene rings is 1. The van der Waals surface area contributed by atoms with E-state index in [2.05, 4.69) is 10.9 Å². The Balaban J connectivity index is 2.49. The second-order valence-corrected chi connectivity index (χ2v) is 5.53. The number of aliphatic hydroxyl groups excluding tert-OH is 1. The summed E-state index contributed by atoms with van der Waals surface area (Å²) in [7, 11) is 0. The van der Waals surface area contributed by atoms with Crippen molar-refractivity contribution in [1.29, 1.82) is 0 Å². The minimum absolute atomic E-state index is 0.270. The first kappa shape index (κ1) is 16.1. The van der Waals surface area contributed by atoms with Crippen LogP contribution in [-0.2, 0) is 9.59 Å². The Bertz CT molecular complexity index is 497. The van der Waals surface area contributed by atoms with Gasteiger partial charge in [-0.2, -0.15) is 0 Å². The predicted molar refractivity (Wildman–Crippen MR) is 71.7 cm³/mol. The van der Waals surface area contributed by atoms with E-state index in [0.29, 0.717) is 5.56 Å². The Hall–Kier alpha value is -1.95. The van der Waals surface area contributed by atoms with Gasteiger partial charge in [-0.15, -0.1) is 0 Å². The topological polar surface area (TPSA) is 78.4 Å². The van der Waals surface area contributed by atoms with Crippen molar-refractivity contribution in [3.8, 4) is 0 Å². The van der Waals surface area contributed by atoms with E-state index < -0.39 is 23.2 Å². The van der Waals surface area contributed by atoms with E-state index in [9.17, 15) is 19.1 Å². The summed E-state index contributed by atoms with van der Waals surface area (Å²) in [4.78, 5) is 23.1. The molecular weight excluding hydrogens is 263 g/mol. The van der Waals surface area contributed by atoms with E-state index in [0.717, 1.165) is 6.07 Å². The average Bonchev–Trinajstić information content (AvgIpc) is 2.34. The molecule has 0 aromatic heterocycles. The maximum absolute atomic E-state index is 13.0. The van der Waals surface area contributed by atoms with Crippen molar-refractivity contribution in [3.63, 3.8) is 0 Å². The predicted octanol–water partition coefficient (Wildman–Crippen LogP) is 1.44. The third-order valence-corrected chi connectivity index (χ3v) is 2.61. The van der Waals surface area contributed by atoms with Gasteiger partial charge in [-0.25, -0.2) is 4.39 Å². The van der Waals surface area contributed by atoms with Crippen molar-refractivity contribution < 1.29 is 19.1 Å². The number of rotatable bonds is 3. The standard InChI is InChI=1S/C14H19FN2O3/c1-14(2,3)13(20)17-16-12(19)8-11(18)9-5-4-6-10(15)7-9/h4-7,11,18H,8H2,1-3H3,(H,16,19)(H,17,20). The van der Waals surface area contributed by atoms with E-state index >= 15 is 0 Å². The largest absolute Gasteiger partial charge is 0.388 e. The molecule has 3 N–H and O–H groups in total. The third kappa shape index (κ3) is 4.97. The summed E-state index contributed by atoms with van der Waals surface area (Å²) in [6.45, 7) is 5.11. The number of carbonyl (C=O) groups is 2. The molecule has 0 heterocycles. The molecule has 0 radical (unpaired) electrons. The highest BCUT2D eigenvalue weighted by Crippen LogP contribution is 2.17. The Kier molecular flexibility index (Phi) is 5.21. The molecule has 1 aromatic carbocycles. The molecule has 0 fully saturated rings. The normalized spacial score (nSPS) is 12.7. The van der Waals surface area contributed by atoms with Crippen LogP contribution >= 0.6 is 0 Å². The van der Waals surface area contributed by atoms with Crippen LogP contribution in [0.3, 0.4) is 0 Å². The maximum Gasteiger partial charge on any atom is 0.243 e. The van der Waals surface area contributed by atoms with Crippen LogP contribution < -0.4 is 10.9 Å². The second kappa shape index (κ2) is 6.47. The monoisotopic (exact) mass is 282 g/mol. The molecule has 2 amide bonds. The van der Waals surface area contributed by atoms with Crippen LogP contribution in [-0.4, -0.2) is 16.9 Å². The quantitative estimate of drug-likeness (QED) is 0.734. The molecule has 5 nitrogen and oxygen atoms in total. The number of halogens is 1. The van der Waals surface area contributed by atoms with Crippen molar-refractivity contribution in [1.82, 2.24) is 10.9 Å². The molecule has 1 unspecified atom stereocenters. The molecule has 1 aromatic rings. The Morgan fingerprint density at radius 3 is 2.50 bits per heavy atom. The molecule has 0 aliphatic carbocycles. The zero-order valence-electron chi connectivity index (χ0n) is 11.7. The zero-order chi connectivity index (χ0) is 15.3. The fraction of sp³-hybridized carbons (Fsp3) is 0.429. The number of hydrogen-bond acceptors (Lipinski definition) is 3. The van der Waals surface area contributed by atoms with Gasteiger partial charge in [0.2, 0.25) is 11.8 Å². The van der Waals surface area contributed by atoms with Crippen molar-refractivity contribution in [3.05, 3.63) is 35.6 Å². The number of amides is 2. The highest BCUT2D eigenvalue weighted by atomic mass is 19.1. The van der Waals surface area contributed by atoms with E-state index in [1.165, 1.54) is 18.2 Å². The highest BCUT2D eigenvalue weighted by Gasteiger charge is 2.22. The molecule has 1 rings (SSSR count). The lowest BCUT2D eigenvalue weighted by molar-refractivity contribution is -0.134. The molecule has 110 valence electrons. The van der Waals surface area contributed by atoms with E-state index in [4.69, 9.17) is 0 Å². The van der Waals surface area contributed by atoms with Crippen LogP contribution in [0.25, 0.3) is 0 Å². The van der Waals surface area contributed by atoms with Crippen molar-refractivity contribution in [2.24, 2.45) is 5.41 Å². The first-order valence-corrected chi connectivity index (χ1v) is 6.23. The molecule has 0 saturated heterocycles. The van der Waals surface area contributed by atoms with Gasteiger partial charge in [-0.3, -0.25) is 20.4 Å². The van der Waals surface area contributed by atoms with Crippen LogP contribution in [0.1, 0.15) is 38.9 Å². The molecule has 6 heteroatoms. The fourth-order valence-corrected chi connectivity index (χ4v) is 1.37. The van der Waals surface area contributed by atoms with Crippen molar-refractivity contribution >= 4 is 11.8 Å². The van der Waals surface area contributed by atoms with Gasteiger partial charge in [0.1, 0.15) is 5.82 Å². The van der Waals surface area contributed by atoms with Gasteiger partial charge in [-0.05, 0) is 17.7 Å². The van der Waals surface area contributed by atoms with Crippen LogP contribution in [0.15, 0.2) is 24.3 Å². The van der Waals surface area contributed by atoms with Gasteiger partial charge in [-0.1, -0.05) is 32.9 Å². The summed E-state index contributed by atoms with van der Waals surface area (Å²) >= 11 is 0. The first-order valence-electron chi connectivity index (χ1n) is 6.23. The zero-order valence-corrected chi connectivity index (χ0v) is 11.7. The van der Waals surface area contributed by atoms with Gasteiger partial charge < -0.3 is 5.11 Å². The molecule has 0 saturated carbocycles.